The van der Waals surface area contributed by atoms with Crippen molar-refractivity contribution in [3.05, 3.63) is 35.5 Å². The molecular weight excluding hydrogens is 310 g/mol. The lowest BCUT2D eigenvalue weighted by molar-refractivity contribution is -0.00763. The van der Waals surface area contributed by atoms with E-state index in [1.165, 1.54) is 6.20 Å². The van der Waals surface area contributed by atoms with Gasteiger partial charge in [-0.15, -0.1) is 0 Å². The number of carbonyl (C=O) groups excluding carboxylic acids is 1. The lowest BCUT2D eigenvalue weighted by atomic mass is 9.91. The SMILES string of the molecule is Cc1cnc(C(=O)N2CC[C@H]3C[C@H](c4noc(C)n4)O[C@@H]3C2)cn1. The van der Waals surface area contributed by atoms with Crippen LogP contribution in [-0.4, -0.2) is 50.1 Å². The minimum Gasteiger partial charge on any atom is -0.365 e. The maximum absolute atomic E-state index is 12.6. The first kappa shape index (κ1) is 15.2. The van der Waals surface area contributed by atoms with Crippen molar-refractivity contribution in [2.24, 2.45) is 5.92 Å². The zero-order valence-electron chi connectivity index (χ0n) is 13.7. The van der Waals surface area contributed by atoms with Crippen molar-refractivity contribution in [3.63, 3.8) is 0 Å². The summed E-state index contributed by atoms with van der Waals surface area (Å²) in [4.78, 5) is 27.0. The lowest BCUT2D eigenvalue weighted by Gasteiger charge is -2.33. The summed E-state index contributed by atoms with van der Waals surface area (Å²) >= 11 is 0. The number of hydrogen-bond acceptors (Lipinski definition) is 7. The van der Waals surface area contributed by atoms with Crippen molar-refractivity contribution < 1.29 is 14.1 Å². The highest BCUT2D eigenvalue weighted by atomic mass is 16.5. The maximum Gasteiger partial charge on any atom is 0.274 e. The monoisotopic (exact) mass is 329 g/mol. The van der Waals surface area contributed by atoms with Gasteiger partial charge in [0, 0.05) is 26.2 Å². The predicted molar refractivity (Wildman–Crippen MR) is 82.0 cm³/mol. The van der Waals surface area contributed by atoms with Gasteiger partial charge in [0.25, 0.3) is 5.91 Å². The highest BCUT2D eigenvalue weighted by molar-refractivity contribution is 5.92. The number of nitrogens with zero attached hydrogens (tertiary/aromatic N) is 5. The fraction of sp³-hybridized carbons (Fsp3) is 0.562. The largest absolute Gasteiger partial charge is 0.365 e. The summed E-state index contributed by atoms with van der Waals surface area (Å²) in [5.74, 6) is 1.47. The van der Waals surface area contributed by atoms with E-state index < -0.39 is 0 Å². The van der Waals surface area contributed by atoms with Gasteiger partial charge in [0.1, 0.15) is 11.8 Å². The molecule has 0 bridgehead atoms. The molecular formula is C16H19N5O3. The van der Waals surface area contributed by atoms with Crippen LogP contribution in [0.15, 0.2) is 16.9 Å². The molecule has 2 aromatic heterocycles. The predicted octanol–water partition coefficient (Wildman–Crippen LogP) is 1.47. The molecule has 0 N–H and O–H groups in total. The molecule has 2 aromatic rings. The van der Waals surface area contributed by atoms with Crippen LogP contribution in [0.25, 0.3) is 0 Å². The third kappa shape index (κ3) is 2.77. The molecule has 2 fully saturated rings. The van der Waals surface area contributed by atoms with E-state index in [0.29, 0.717) is 36.4 Å². The molecule has 4 heterocycles. The zero-order chi connectivity index (χ0) is 16.7. The Kier molecular flexibility index (Phi) is 3.76. The Morgan fingerprint density at radius 1 is 1.29 bits per heavy atom. The number of piperidine rings is 1. The van der Waals surface area contributed by atoms with Gasteiger partial charge in [-0.3, -0.25) is 9.78 Å². The van der Waals surface area contributed by atoms with Gasteiger partial charge in [-0.05, 0) is 25.7 Å². The molecule has 2 aliphatic rings. The van der Waals surface area contributed by atoms with Gasteiger partial charge >= 0.3 is 0 Å². The Morgan fingerprint density at radius 3 is 2.88 bits per heavy atom. The van der Waals surface area contributed by atoms with Gasteiger partial charge in [-0.2, -0.15) is 4.98 Å². The average Bonchev–Trinajstić information content (AvgIpc) is 3.20. The molecule has 8 heteroatoms. The van der Waals surface area contributed by atoms with E-state index in [4.69, 9.17) is 9.26 Å². The Balaban J connectivity index is 1.44. The van der Waals surface area contributed by atoms with E-state index in [2.05, 4.69) is 20.1 Å². The molecule has 3 atom stereocenters. The molecule has 0 saturated carbocycles. The second kappa shape index (κ2) is 5.94. The average molecular weight is 329 g/mol. The number of rotatable bonds is 2. The topological polar surface area (TPSA) is 94.2 Å². The zero-order valence-corrected chi connectivity index (χ0v) is 13.7. The van der Waals surface area contributed by atoms with Crippen LogP contribution in [0.4, 0.5) is 0 Å². The number of hydrogen-bond donors (Lipinski definition) is 0. The van der Waals surface area contributed by atoms with E-state index >= 15 is 0 Å². The van der Waals surface area contributed by atoms with Gasteiger partial charge in [0.15, 0.2) is 0 Å². The number of fused-ring (bicyclic) bond motifs is 1. The molecule has 2 aliphatic heterocycles. The Bertz CT molecular complexity index is 744. The van der Waals surface area contributed by atoms with E-state index in [1.54, 1.807) is 18.0 Å². The van der Waals surface area contributed by atoms with E-state index in [9.17, 15) is 4.79 Å². The van der Waals surface area contributed by atoms with Gasteiger partial charge in [0.2, 0.25) is 11.7 Å². The number of carbonyl (C=O) groups is 1. The van der Waals surface area contributed by atoms with Crippen LogP contribution in [-0.2, 0) is 4.74 Å². The molecule has 4 rings (SSSR count). The third-order valence-corrected chi connectivity index (χ3v) is 4.67. The number of amides is 1. The van der Waals surface area contributed by atoms with Crippen LogP contribution in [0, 0.1) is 19.8 Å². The summed E-state index contributed by atoms with van der Waals surface area (Å²) in [5, 5.41) is 3.96. The van der Waals surface area contributed by atoms with Crippen molar-refractivity contribution in [2.45, 2.75) is 38.9 Å². The summed E-state index contributed by atoms with van der Waals surface area (Å²) in [5.41, 5.74) is 1.17. The molecule has 0 aliphatic carbocycles. The van der Waals surface area contributed by atoms with Gasteiger partial charge < -0.3 is 14.2 Å². The van der Waals surface area contributed by atoms with E-state index in [-0.39, 0.29) is 18.1 Å². The fourth-order valence-corrected chi connectivity index (χ4v) is 3.39. The second-order valence-corrected chi connectivity index (χ2v) is 6.41. The van der Waals surface area contributed by atoms with E-state index in [0.717, 1.165) is 18.5 Å². The summed E-state index contributed by atoms with van der Waals surface area (Å²) in [6.07, 6.45) is 4.78. The van der Waals surface area contributed by atoms with Crippen LogP contribution in [0.1, 0.15) is 46.8 Å². The number of ether oxygens (including phenoxy) is 1. The molecule has 0 spiro atoms. The van der Waals surface area contributed by atoms with Crippen molar-refractivity contribution in [1.29, 1.82) is 0 Å². The molecule has 0 unspecified atom stereocenters. The summed E-state index contributed by atoms with van der Waals surface area (Å²) in [7, 11) is 0. The fourth-order valence-electron chi connectivity index (χ4n) is 3.39. The van der Waals surface area contributed by atoms with Gasteiger partial charge in [-0.25, -0.2) is 4.98 Å². The first-order valence-electron chi connectivity index (χ1n) is 8.14. The minimum atomic E-state index is -0.147. The quantitative estimate of drug-likeness (QED) is 0.823. The first-order chi connectivity index (χ1) is 11.6. The molecule has 126 valence electrons. The number of likely N-dealkylation sites (tertiary alicyclic amines) is 1. The normalized spacial score (nSPS) is 26.4. The molecule has 24 heavy (non-hydrogen) atoms. The maximum atomic E-state index is 12.6. The molecule has 1 amide bonds. The van der Waals surface area contributed by atoms with Crippen molar-refractivity contribution >= 4 is 5.91 Å². The number of aromatic nitrogens is 4. The summed E-state index contributed by atoms with van der Waals surface area (Å²) in [6, 6.07) is 0. The summed E-state index contributed by atoms with van der Waals surface area (Å²) in [6.45, 7) is 4.88. The van der Waals surface area contributed by atoms with Crippen molar-refractivity contribution in [1.82, 2.24) is 25.0 Å². The van der Waals surface area contributed by atoms with Crippen LogP contribution in [0.3, 0.4) is 0 Å². The van der Waals surface area contributed by atoms with Crippen molar-refractivity contribution in [3.8, 4) is 0 Å². The van der Waals surface area contributed by atoms with Crippen LogP contribution < -0.4 is 0 Å². The van der Waals surface area contributed by atoms with Gasteiger partial charge in [0.05, 0.1) is 18.0 Å². The Hall–Kier alpha value is -2.35. The number of aryl methyl sites for hydroxylation is 2. The van der Waals surface area contributed by atoms with Gasteiger partial charge in [-0.1, -0.05) is 5.16 Å². The molecule has 8 nitrogen and oxygen atoms in total. The van der Waals surface area contributed by atoms with Crippen LogP contribution >= 0.6 is 0 Å². The Morgan fingerprint density at radius 2 is 2.17 bits per heavy atom. The molecule has 2 saturated heterocycles. The standard InChI is InChI=1S/C16H19N5O3/c1-9-6-18-12(7-17-9)16(22)21-4-3-11-5-13(23-14(11)8-21)15-19-10(2)24-20-15/h6-7,11,13-14H,3-5,8H2,1-2H3/t11-,13+,14+/m0/s1. The van der Waals surface area contributed by atoms with Crippen LogP contribution in [0.5, 0.6) is 0 Å². The minimum absolute atomic E-state index is 0.00455. The smallest absolute Gasteiger partial charge is 0.274 e. The summed E-state index contributed by atoms with van der Waals surface area (Å²) < 4.78 is 11.1. The third-order valence-electron chi connectivity index (χ3n) is 4.67. The molecule has 0 radical (unpaired) electrons. The van der Waals surface area contributed by atoms with Crippen molar-refractivity contribution in [2.75, 3.05) is 13.1 Å². The Labute approximate surface area is 139 Å². The lowest BCUT2D eigenvalue weighted by Crippen LogP contribution is -2.45. The molecule has 0 aromatic carbocycles. The first-order valence-corrected chi connectivity index (χ1v) is 8.14. The second-order valence-electron chi connectivity index (χ2n) is 6.41. The highest BCUT2D eigenvalue weighted by Gasteiger charge is 2.42. The van der Waals surface area contributed by atoms with E-state index in [1.807, 2.05) is 6.92 Å². The highest BCUT2D eigenvalue weighted by Crippen LogP contribution is 2.40. The van der Waals surface area contributed by atoms with Crippen LogP contribution in [0.2, 0.25) is 0 Å².